The Hall–Kier alpha value is -3.11. The topological polar surface area (TPSA) is 93.5 Å². The van der Waals surface area contributed by atoms with Gasteiger partial charge in [0.15, 0.2) is 0 Å². The predicted octanol–water partition coefficient (Wildman–Crippen LogP) is 3.93. The number of ether oxygens (including phenoxy) is 1. The summed E-state index contributed by atoms with van der Waals surface area (Å²) in [5, 5.41) is 12.2. The number of nitrogens with zero attached hydrogens (tertiary/aromatic N) is 2. The molecule has 174 valence electrons. The summed E-state index contributed by atoms with van der Waals surface area (Å²) in [5.74, 6) is -1.49. The van der Waals surface area contributed by atoms with Crippen molar-refractivity contribution in [3.63, 3.8) is 0 Å². The maximum atomic E-state index is 13.8. The molecule has 0 atom stereocenters. The largest absolute Gasteiger partial charge is 0.487 e. The van der Waals surface area contributed by atoms with E-state index in [1.54, 1.807) is 25.1 Å². The van der Waals surface area contributed by atoms with Crippen LogP contribution in [0, 0.1) is 18.6 Å². The Morgan fingerprint density at radius 2 is 1.97 bits per heavy atom. The summed E-state index contributed by atoms with van der Waals surface area (Å²) < 4.78 is 34.2. The summed E-state index contributed by atoms with van der Waals surface area (Å²) in [7, 11) is 0. The molecule has 1 amide bonds. The Bertz CT molecular complexity index is 1240. The summed E-state index contributed by atoms with van der Waals surface area (Å²) in [4.78, 5) is 28.9. The maximum Gasteiger partial charge on any atom is 0.269 e. The quantitative estimate of drug-likeness (QED) is 0.491. The van der Waals surface area contributed by atoms with Crippen LogP contribution in [0.4, 0.5) is 14.6 Å². The van der Waals surface area contributed by atoms with Crippen molar-refractivity contribution in [2.45, 2.75) is 39.5 Å². The van der Waals surface area contributed by atoms with Crippen LogP contribution in [0.5, 0.6) is 5.75 Å². The number of anilines is 1. The number of amides is 1. The molecule has 33 heavy (non-hydrogen) atoms. The van der Waals surface area contributed by atoms with Crippen LogP contribution >= 0.6 is 15.9 Å². The minimum atomic E-state index is -1.54. The number of hydrogen-bond acceptors (Lipinski definition) is 5. The summed E-state index contributed by atoms with van der Waals surface area (Å²) in [5.41, 5.74) is -0.437. The smallest absolute Gasteiger partial charge is 0.269 e. The molecule has 0 saturated heterocycles. The molecule has 0 aliphatic rings. The van der Waals surface area contributed by atoms with E-state index in [9.17, 15) is 23.5 Å². The lowest BCUT2D eigenvalue weighted by Crippen LogP contribution is -2.36. The molecule has 0 spiro atoms. The summed E-state index contributed by atoms with van der Waals surface area (Å²) in [6.07, 6.45) is 1.52. The molecule has 0 aliphatic carbocycles. The molecule has 3 aromatic rings. The predicted molar refractivity (Wildman–Crippen MR) is 122 cm³/mol. The maximum absolute atomic E-state index is 13.8. The van der Waals surface area contributed by atoms with Gasteiger partial charge in [-0.1, -0.05) is 6.07 Å². The lowest BCUT2D eigenvalue weighted by atomic mass is 10.1. The van der Waals surface area contributed by atoms with Crippen molar-refractivity contribution in [3.8, 4) is 5.75 Å². The van der Waals surface area contributed by atoms with Crippen molar-refractivity contribution < 1.29 is 23.4 Å². The molecule has 0 bridgehead atoms. The number of aliphatic hydroxyl groups is 1. The third-order valence-electron chi connectivity index (χ3n) is 4.78. The second-order valence-corrected chi connectivity index (χ2v) is 8.74. The van der Waals surface area contributed by atoms with Gasteiger partial charge in [-0.05, 0) is 60.5 Å². The van der Waals surface area contributed by atoms with E-state index in [1.165, 1.54) is 30.7 Å². The number of carbonyl (C=O) groups excluding carboxylic acids is 1. The van der Waals surface area contributed by atoms with E-state index in [2.05, 4.69) is 26.2 Å². The van der Waals surface area contributed by atoms with Crippen molar-refractivity contribution in [1.29, 1.82) is 0 Å². The molecule has 2 N–H and O–H groups in total. The van der Waals surface area contributed by atoms with Crippen LogP contribution < -0.4 is 15.6 Å². The van der Waals surface area contributed by atoms with Gasteiger partial charge in [-0.2, -0.15) is 0 Å². The fourth-order valence-corrected chi connectivity index (χ4v) is 3.30. The van der Waals surface area contributed by atoms with Crippen LogP contribution in [0.3, 0.4) is 0 Å². The first kappa shape index (κ1) is 24.5. The number of aromatic nitrogens is 2. The molecular weight excluding hydrogens is 500 g/mol. The molecule has 10 heteroatoms. The molecule has 1 aromatic carbocycles. The van der Waals surface area contributed by atoms with E-state index in [-0.39, 0.29) is 40.3 Å². The molecule has 0 saturated carbocycles. The monoisotopic (exact) mass is 521 g/mol. The minimum Gasteiger partial charge on any atom is -0.487 e. The molecule has 2 aromatic heterocycles. The summed E-state index contributed by atoms with van der Waals surface area (Å²) >= 11 is 3.24. The molecule has 3 rings (SSSR count). The Morgan fingerprint density at radius 3 is 2.58 bits per heavy atom. The number of nitrogens with one attached hydrogen (secondary N) is 1. The molecule has 0 unspecified atom stereocenters. The van der Waals surface area contributed by atoms with Gasteiger partial charge in [-0.3, -0.25) is 9.59 Å². The normalized spacial score (nSPS) is 11.4. The highest BCUT2D eigenvalue weighted by Crippen LogP contribution is 2.24. The fraction of sp³-hybridized carbons (Fsp3) is 0.261. The highest BCUT2D eigenvalue weighted by Gasteiger charge is 2.24. The Labute approximate surface area is 197 Å². The first-order valence-corrected chi connectivity index (χ1v) is 10.7. The highest BCUT2D eigenvalue weighted by molar-refractivity contribution is 9.10. The van der Waals surface area contributed by atoms with Crippen molar-refractivity contribution in [3.05, 3.63) is 85.9 Å². The average Bonchev–Trinajstić information content (AvgIpc) is 2.74. The van der Waals surface area contributed by atoms with E-state index in [0.29, 0.717) is 11.3 Å². The highest BCUT2D eigenvalue weighted by atomic mass is 79.9. The zero-order valence-corrected chi connectivity index (χ0v) is 19.7. The van der Waals surface area contributed by atoms with Gasteiger partial charge in [0, 0.05) is 29.6 Å². The first-order valence-electron chi connectivity index (χ1n) is 9.91. The van der Waals surface area contributed by atoms with Crippen LogP contribution in [-0.4, -0.2) is 26.2 Å². The number of aryl methyl sites for hydroxylation is 1. The molecule has 0 radical (unpaired) electrons. The standard InChI is InChI=1S/C23H22BrF2N3O4/c1-13-8-18(33-12-15-5-6-16(25)9-17(15)26)20(24)21(30)29(13)11-14-4-7-19(27-10-14)28-22(31)23(2,3)32/h4-10,32H,11-12H2,1-3H3,(H,27,28,31). The van der Waals surface area contributed by atoms with Crippen LogP contribution in [0.1, 0.15) is 30.7 Å². The number of carbonyl (C=O) groups is 1. The van der Waals surface area contributed by atoms with Crippen LogP contribution in [-0.2, 0) is 17.9 Å². The zero-order chi connectivity index (χ0) is 24.3. The van der Waals surface area contributed by atoms with Crippen LogP contribution in [0.2, 0.25) is 0 Å². The third kappa shape index (κ3) is 6.02. The molecule has 0 aliphatic heterocycles. The van der Waals surface area contributed by atoms with Gasteiger partial charge >= 0.3 is 0 Å². The van der Waals surface area contributed by atoms with Gasteiger partial charge in [0.1, 0.15) is 39.9 Å². The number of rotatable bonds is 7. The fourth-order valence-electron chi connectivity index (χ4n) is 2.85. The lowest BCUT2D eigenvalue weighted by Gasteiger charge is -2.16. The molecule has 7 nitrogen and oxygen atoms in total. The van der Waals surface area contributed by atoms with Gasteiger partial charge in [0.2, 0.25) is 0 Å². The van der Waals surface area contributed by atoms with E-state index >= 15 is 0 Å². The van der Waals surface area contributed by atoms with Crippen LogP contribution in [0.25, 0.3) is 0 Å². The van der Waals surface area contributed by atoms with Crippen molar-refractivity contribution in [2.75, 3.05) is 5.32 Å². The van der Waals surface area contributed by atoms with Crippen molar-refractivity contribution >= 4 is 27.7 Å². The SMILES string of the molecule is Cc1cc(OCc2ccc(F)cc2F)c(Br)c(=O)n1Cc1ccc(NC(=O)C(C)(C)O)nc1. The van der Waals surface area contributed by atoms with E-state index in [1.807, 2.05) is 0 Å². The third-order valence-corrected chi connectivity index (χ3v) is 5.51. The number of hydrogen-bond donors (Lipinski definition) is 2. The first-order chi connectivity index (χ1) is 15.5. The minimum absolute atomic E-state index is 0.160. The number of pyridine rings is 2. The van der Waals surface area contributed by atoms with Gasteiger partial charge in [0.25, 0.3) is 11.5 Å². The van der Waals surface area contributed by atoms with E-state index in [4.69, 9.17) is 4.74 Å². The van der Waals surface area contributed by atoms with E-state index < -0.39 is 23.1 Å². The summed E-state index contributed by atoms with van der Waals surface area (Å²) in [6, 6.07) is 8.10. The van der Waals surface area contributed by atoms with Crippen LogP contribution in [0.15, 0.2) is 51.9 Å². The lowest BCUT2D eigenvalue weighted by molar-refractivity contribution is -0.130. The second-order valence-electron chi connectivity index (χ2n) is 7.94. The Morgan fingerprint density at radius 1 is 1.24 bits per heavy atom. The molecular formula is C23H22BrF2N3O4. The Kier molecular flexibility index (Phi) is 7.28. The number of benzene rings is 1. The number of halogens is 3. The van der Waals surface area contributed by atoms with Gasteiger partial charge in [-0.25, -0.2) is 13.8 Å². The zero-order valence-electron chi connectivity index (χ0n) is 18.2. The summed E-state index contributed by atoms with van der Waals surface area (Å²) in [6.45, 7) is 4.50. The van der Waals surface area contributed by atoms with E-state index in [0.717, 1.165) is 12.1 Å². The second kappa shape index (κ2) is 9.80. The molecule has 2 heterocycles. The van der Waals surface area contributed by atoms with Gasteiger partial charge in [-0.15, -0.1) is 0 Å². The Balaban J connectivity index is 1.75. The average molecular weight is 522 g/mol. The van der Waals surface area contributed by atoms with Crippen molar-refractivity contribution in [1.82, 2.24) is 9.55 Å². The van der Waals surface area contributed by atoms with Crippen molar-refractivity contribution in [2.24, 2.45) is 0 Å². The molecule has 0 fully saturated rings. The van der Waals surface area contributed by atoms with Gasteiger partial charge < -0.3 is 19.7 Å². The van der Waals surface area contributed by atoms with Gasteiger partial charge in [0.05, 0.1) is 6.54 Å².